The summed E-state index contributed by atoms with van der Waals surface area (Å²) in [6.45, 7) is 3.84. The molecule has 4 nitrogen and oxygen atoms in total. The molecule has 0 bridgehead atoms. The van der Waals surface area contributed by atoms with Crippen LogP contribution in [0.5, 0.6) is 0 Å². The standard InChI is InChI=1S/C16H23FN4/c1-3-4-8-19-16(18-2)20-9-7-12-11-21-15-6-5-13(17)10-14(12)15/h5-6,10-11,21H,3-4,7-9H2,1-2H3,(H2,18,19,20). The van der Waals surface area contributed by atoms with Gasteiger partial charge in [-0.2, -0.15) is 0 Å². The van der Waals surface area contributed by atoms with Crippen molar-refractivity contribution >= 4 is 16.9 Å². The smallest absolute Gasteiger partial charge is 0.190 e. The van der Waals surface area contributed by atoms with E-state index in [4.69, 9.17) is 0 Å². The zero-order valence-electron chi connectivity index (χ0n) is 12.7. The van der Waals surface area contributed by atoms with Gasteiger partial charge in [-0.15, -0.1) is 0 Å². The summed E-state index contributed by atoms with van der Waals surface area (Å²) >= 11 is 0. The molecule has 2 aromatic rings. The van der Waals surface area contributed by atoms with E-state index in [1.807, 2.05) is 6.20 Å². The van der Waals surface area contributed by atoms with E-state index in [-0.39, 0.29) is 5.82 Å². The van der Waals surface area contributed by atoms with Crippen molar-refractivity contribution in [3.63, 3.8) is 0 Å². The zero-order valence-corrected chi connectivity index (χ0v) is 12.7. The molecule has 1 aromatic heterocycles. The summed E-state index contributed by atoms with van der Waals surface area (Å²) in [5, 5.41) is 7.49. The third-order valence-electron chi connectivity index (χ3n) is 3.46. The van der Waals surface area contributed by atoms with Crippen LogP contribution in [-0.2, 0) is 6.42 Å². The minimum Gasteiger partial charge on any atom is -0.361 e. The van der Waals surface area contributed by atoms with Gasteiger partial charge in [0.1, 0.15) is 5.82 Å². The molecule has 114 valence electrons. The first-order valence-corrected chi connectivity index (χ1v) is 7.44. The number of unbranched alkanes of at least 4 members (excludes halogenated alkanes) is 1. The Balaban J connectivity index is 1.88. The molecule has 21 heavy (non-hydrogen) atoms. The number of nitrogens with zero attached hydrogens (tertiary/aromatic N) is 1. The molecule has 3 N–H and O–H groups in total. The molecule has 0 radical (unpaired) electrons. The molecule has 0 atom stereocenters. The highest BCUT2D eigenvalue weighted by Crippen LogP contribution is 2.19. The summed E-state index contributed by atoms with van der Waals surface area (Å²) in [5.74, 6) is 0.614. The van der Waals surface area contributed by atoms with Gasteiger partial charge in [0.05, 0.1) is 0 Å². The van der Waals surface area contributed by atoms with Gasteiger partial charge in [-0.25, -0.2) is 4.39 Å². The Morgan fingerprint density at radius 3 is 2.86 bits per heavy atom. The number of nitrogens with one attached hydrogen (secondary N) is 3. The lowest BCUT2D eigenvalue weighted by molar-refractivity contribution is 0.629. The number of aromatic nitrogens is 1. The normalized spacial score (nSPS) is 11.9. The van der Waals surface area contributed by atoms with Crippen molar-refractivity contribution in [2.45, 2.75) is 26.2 Å². The average Bonchev–Trinajstić information content (AvgIpc) is 2.88. The van der Waals surface area contributed by atoms with E-state index in [1.165, 1.54) is 6.07 Å². The van der Waals surface area contributed by atoms with Gasteiger partial charge in [-0.3, -0.25) is 4.99 Å². The molecule has 2 rings (SSSR count). The Labute approximate surface area is 124 Å². The van der Waals surface area contributed by atoms with E-state index in [2.05, 4.69) is 27.5 Å². The predicted molar refractivity (Wildman–Crippen MR) is 86.2 cm³/mol. The Morgan fingerprint density at radius 1 is 1.29 bits per heavy atom. The second-order valence-electron chi connectivity index (χ2n) is 5.03. The average molecular weight is 290 g/mol. The molecule has 0 aliphatic heterocycles. The van der Waals surface area contributed by atoms with Crippen LogP contribution in [0.3, 0.4) is 0 Å². The summed E-state index contributed by atoms with van der Waals surface area (Å²) in [5.41, 5.74) is 2.08. The highest BCUT2D eigenvalue weighted by molar-refractivity contribution is 5.83. The number of halogens is 1. The van der Waals surface area contributed by atoms with Crippen LogP contribution in [0.4, 0.5) is 4.39 Å². The molecule has 0 aliphatic rings. The summed E-state index contributed by atoms with van der Waals surface area (Å²) in [4.78, 5) is 7.35. The minimum atomic E-state index is -0.201. The molecule has 1 heterocycles. The lowest BCUT2D eigenvalue weighted by Crippen LogP contribution is -2.38. The fraction of sp³-hybridized carbons (Fsp3) is 0.438. The maximum Gasteiger partial charge on any atom is 0.190 e. The van der Waals surface area contributed by atoms with E-state index >= 15 is 0 Å². The number of fused-ring (bicyclic) bond motifs is 1. The van der Waals surface area contributed by atoms with Crippen molar-refractivity contribution in [3.8, 4) is 0 Å². The molecule has 0 fully saturated rings. The molecule has 0 saturated heterocycles. The van der Waals surface area contributed by atoms with Gasteiger partial charge in [0.15, 0.2) is 5.96 Å². The number of guanidine groups is 1. The molecule has 0 saturated carbocycles. The third kappa shape index (κ3) is 4.21. The number of rotatable bonds is 6. The van der Waals surface area contributed by atoms with Crippen molar-refractivity contribution in [3.05, 3.63) is 35.8 Å². The molecule has 1 aromatic carbocycles. The first kappa shape index (κ1) is 15.4. The second-order valence-corrected chi connectivity index (χ2v) is 5.03. The Bertz CT molecular complexity index is 603. The highest BCUT2D eigenvalue weighted by atomic mass is 19.1. The van der Waals surface area contributed by atoms with E-state index in [1.54, 1.807) is 19.2 Å². The number of hydrogen-bond donors (Lipinski definition) is 3. The van der Waals surface area contributed by atoms with E-state index in [0.717, 1.165) is 54.8 Å². The van der Waals surface area contributed by atoms with Crippen LogP contribution >= 0.6 is 0 Å². The molecule has 0 amide bonds. The minimum absolute atomic E-state index is 0.201. The van der Waals surface area contributed by atoms with Crippen LogP contribution in [0.25, 0.3) is 10.9 Å². The van der Waals surface area contributed by atoms with Crippen LogP contribution in [0.2, 0.25) is 0 Å². The predicted octanol–water partition coefficient (Wildman–Crippen LogP) is 2.81. The Kier molecular flexibility index (Phi) is 5.60. The van der Waals surface area contributed by atoms with Crippen molar-refractivity contribution in [2.24, 2.45) is 4.99 Å². The topological polar surface area (TPSA) is 52.2 Å². The van der Waals surface area contributed by atoms with Gasteiger partial charge < -0.3 is 15.6 Å². The van der Waals surface area contributed by atoms with Gasteiger partial charge in [0.25, 0.3) is 0 Å². The number of benzene rings is 1. The summed E-state index contributed by atoms with van der Waals surface area (Å²) in [7, 11) is 1.77. The quantitative estimate of drug-likeness (QED) is 0.435. The van der Waals surface area contributed by atoms with Gasteiger partial charge >= 0.3 is 0 Å². The largest absolute Gasteiger partial charge is 0.361 e. The molecule has 0 aliphatic carbocycles. The van der Waals surface area contributed by atoms with Gasteiger partial charge in [0, 0.05) is 37.2 Å². The maximum atomic E-state index is 13.3. The van der Waals surface area contributed by atoms with Crippen LogP contribution < -0.4 is 10.6 Å². The first-order valence-electron chi connectivity index (χ1n) is 7.44. The maximum absolute atomic E-state index is 13.3. The summed E-state index contributed by atoms with van der Waals surface area (Å²) in [6.07, 6.45) is 5.05. The van der Waals surface area contributed by atoms with Crippen LogP contribution in [0, 0.1) is 5.82 Å². The lowest BCUT2D eigenvalue weighted by atomic mass is 10.1. The monoisotopic (exact) mass is 290 g/mol. The van der Waals surface area contributed by atoms with Crippen LogP contribution in [0.1, 0.15) is 25.3 Å². The fourth-order valence-electron chi connectivity index (χ4n) is 2.28. The lowest BCUT2D eigenvalue weighted by Gasteiger charge is -2.11. The van der Waals surface area contributed by atoms with Crippen molar-refractivity contribution in [2.75, 3.05) is 20.1 Å². The number of aromatic amines is 1. The fourth-order valence-corrected chi connectivity index (χ4v) is 2.28. The Morgan fingerprint density at radius 2 is 2.10 bits per heavy atom. The van der Waals surface area contributed by atoms with Crippen LogP contribution in [-0.4, -0.2) is 31.1 Å². The van der Waals surface area contributed by atoms with Crippen molar-refractivity contribution in [1.82, 2.24) is 15.6 Å². The molecule has 0 unspecified atom stereocenters. The SMILES string of the molecule is CCCCNC(=NC)NCCc1c[nH]c2ccc(F)cc12. The third-order valence-corrected chi connectivity index (χ3v) is 3.46. The molecule has 0 spiro atoms. The van der Waals surface area contributed by atoms with Crippen molar-refractivity contribution in [1.29, 1.82) is 0 Å². The van der Waals surface area contributed by atoms with Crippen molar-refractivity contribution < 1.29 is 4.39 Å². The number of aliphatic imine (C=N–C) groups is 1. The number of hydrogen-bond acceptors (Lipinski definition) is 1. The molecular formula is C16H23FN4. The van der Waals surface area contributed by atoms with Gasteiger partial charge in [-0.1, -0.05) is 13.3 Å². The first-order chi connectivity index (χ1) is 10.2. The summed E-state index contributed by atoms with van der Waals surface area (Å²) in [6, 6.07) is 4.82. The van der Waals surface area contributed by atoms with Gasteiger partial charge in [-0.05, 0) is 36.6 Å². The molecule has 5 heteroatoms. The van der Waals surface area contributed by atoms with E-state index in [9.17, 15) is 4.39 Å². The highest BCUT2D eigenvalue weighted by Gasteiger charge is 2.05. The number of H-pyrrole nitrogens is 1. The van der Waals surface area contributed by atoms with E-state index in [0.29, 0.717) is 0 Å². The van der Waals surface area contributed by atoms with Gasteiger partial charge in [0.2, 0.25) is 0 Å². The van der Waals surface area contributed by atoms with Crippen LogP contribution in [0.15, 0.2) is 29.4 Å². The summed E-state index contributed by atoms with van der Waals surface area (Å²) < 4.78 is 13.3. The van der Waals surface area contributed by atoms with E-state index < -0.39 is 0 Å². The zero-order chi connectivity index (χ0) is 15.1. The second kappa shape index (κ2) is 7.67. The molecular weight excluding hydrogens is 267 g/mol. The Hall–Kier alpha value is -2.04.